The summed E-state index contributed by atoms with van der Waals surface area (Å²) < 4.78 is 0. The average molecular weight is 366 g/mol. The molecule has 0 aliphatic heterocycles. The number of hydrogen-bond acceptors (Lipinski definition) is 2. The predicted octanol–water partition coefficient (Wildman–Crippen LogP) is 3.46. The molecule has 24 heavy (non-hydrogen) atoms. The number of nitrogens with one attached hydrogen (secondary N) is 1. The van der Waals surface area contributed by atoms with E-state index in [4.69, 9.17) is 23.2 Å². The molecule has 3 N–H and O–H groups in total. The molecule has 1 atom stereocenters. The lowest BCUT2D eigenvalue weighted by Gasteiger charge is -2.13. The minimum Gasteiger partial charge on any atom is -0.332 e. The number of hydrogen-bond donors (Lipinski definition) is 2. The van der Waals surface area contributed by atoms with Gasteiger partial charge in [0.15, 0.2) is 12.3 Å². The zero-order valence-corrected chi connectivity index (χ0v) is 15.0. The molecule has 6 heteroatoms. The van der Waals surface area contributed by atoms with Crippen molar-refractivity contribution in [3.8, 4) is 0 Å². The molecule has 0 radical (unpaired) electrons. The molecule has 0 heterocycles. The summed E-state index contributed by atoms with van der Waals surface area (Å²) in [6, 6.07) is 12.3. The third kappa shape index (κ3) is 4.81. The molecule has 4 nitrogen and oxygen atoms in total. The number of anilines is 1. The zero-order chi connectivity index (χ0) is 17.7. The van der Waals surface area contributed by atoms with Crippen molar-refractivity contribution in [3.63, 3.8) is 0 Å². The topological polar surface area (TPSA) is 62.8 Å². The fraction of sp³-hybridized carbons (Fsp3) is 0.222. The van der Waals surface area contributed by atoms with Crippen LogP contribution in [0.3, 0.4) is 0 Å². The molecule has 0 unspecified atom stereocenters. The maximum atomic E-state index is 12.2. The van der Waals surface area contributed by atoms with E-state index in [1.54, 1.807) is 36.4 Å². The van der Waals surface area contributed by atoms with Crippen LogP contribution in [-0.4, -0.2) is 18.2 Å². The van der Waals surface area contributed by atoms with E-state index in [0.29, 0.717) is 21.3 Å². The Morgan fingerprint density at radius 2 is 1.88 bits per heavy atom. The van der Waals surface area contributed by atoms with Crippen LogP contribution in [0.1, 0.15) is 35.8 Å². The van der Waals surface area contributed by atoms with Crippen LogP contribution in [0, 0.1) is 0 Å². The number of halogens is 2. The van der Waals surface area contributed by atoms with Gasteiger partial charge in [-0.05, 0) is 38.1 Å². The van der Waals surface area contributed by atoms with Crippen molar-refractivity contribution in [2.75, 3.05) is 11.9 Å². The Bertz CT molecular complexity index is 762. The lowest BCUT2D eigenvalue weighted by atomic mass is 10.1. The van der Waals surface area contributed by atoms with Crippen LogP contribution < -0.4 is 10.6 Å². The van der Waals surface area contributed by atoms with E-state index < -0.39 is 0 Å². The maximum Gasteiger partial charge on any atom is 0.279 e. The number of rotatable bonds is 6. The van der Waals surface area contributed by atoms with Gasteiger partial charge in [0.1, 0.15) is 6.04 Å². The first-order valence-electron chi connectivity index (χ1n) is 7.56. The molecule has 0 spiro atoms. The van der Waals surface area contributed by atoms with Crippen LogP contribution in [0.15, 0.2) is 42.5 Å². The van der Waals surface area contributed by atoms with Gasteiger partial charge < -0.3 is 10.6 Å². The molecule has 0 aromatic heterocycles. The van der Waals surface area contributed by atoms with Gasteiger partial charge in [-0.2, -0.15) is 0 Å². The van der Waals surface area contributed by atoms with Crippen LogP contribution in [0.4, 0.5) is 5.69 Å². The summed E-state index contributed by atoms with van der Waals surface area (Å²) in [4.78, 5) is 23.7. The number of carbonyl (C=O) groups is 2. The highest BCUT2D eigenvalue weighted by Crippen LogP contribution is 2.24. The van der Waals surface area contributed by atoms with Crippen LogP contribution >= 0.6 is 23.2 Å². The average Bonchev–Trinajstić information content (AvgIpc) is 2.53. The van der Waals surface area contributed by atoms with Crippen molar-refractivity contribution in [2.45, 2.75) is 19.9 Å². The molecule has 0 bridgehead atoms. The van der Waals surface area contributed by atoms with Crippen LogP contribution in [0.25, 0.3) is 0 Å². The highest BCUT2D eigenvalue weighted by molar-refractivity contribution is 6.35. The van der Waals surface area contributed by atoms with Crippen molar-refractivity contribution >= 4 is 40.6 Å². The molecule has 2 rings (SSSR count). The minimum absolute atomic E-state index is 0.00330. The molecule has 126 valence electrons. The van der Waals surface area contributed by atoms with Gasteiger partial charge in [0.25, 0.3) is 5.91 Å². The second-order valence-electron chi connectivity index (χ2n) is 5.54. The Morgan fingerprint density at radius 1 is 1.17 bits per heavy atom. The Morgan fingerprint density at radius 3 is 2.54 bits per heavy atom. The summed E-state index contributed by atoms with van der Waals surface area (Å²) >= 11 is 12.1. The van der Waals surface area contributed by atoms with Crippen LogP contribution in [0.5, 0.6) is 0 Å². The van der Waals surface area contributed by atoms with Gasteiger partial charge in [0.05, 0.1) is 10.7 Å². The number of quaternary nitrogens is 1. The van der Waals surface area contributed by atoms with Gasteiger partial charge in [0.2, 0.25) is 0 Å². The van der Waals surface area contributed by atoms with Gasteiger partial charge in [0, 0.05) is 16.1 Å². The highest BCUT2D eigenvalue weighted by atomic mass is 35.5. The Balaban J connectivity index is 1.97. The largest absolute Gasteiger partial charge is 0.332 e. The van der Waals surface area contributed by atoms with E-state index in [2.05, 4.69) is 5.32 Å². The minimum atomic E-state index is -0.180. The fourth-order valence-electron chi connectivity index (χ4n) is 2.38. The predicted molar refractivity (Wildman–Crippen MR) is 96.7 cm³/mol. The zero-order valence-electron chi connectivity index (χ0n) is 13.5. The Kier molecular flexibility index (Phi) is 6.37. The number of carbonyl (C=O) groups excluding carboxylic acids is 2. The number of ketones is 1. The first-order valence-corrected chi connectivity index (χ1v) is 8.32. The molecular weight excluding hydrogens is 347 g/mol. The molecule has 1 amide bonds. The van der Waals surface area contributed by atoms with Gasteiger partial charge in [-0.3, -0.25) is 9.59 Å². The van der Waals surface area contributed by atoms with Crippen LogP contribution in [0.2, 0.25) is 10.0 Å². The van der Waals surface area contributed by atoms with Gasteiger partial charge in [-0.15, -0.1) is 0 Å². The molecule has 0 aliphatic rings. The van der Waals surface area contributed by atoms with E-state index in [-0.39, 0.29) is 24.3 Å². The van der Waals surface area contributed by atoms with Gasteiger partial charge in [-0.1, -0.05) is 41.4 Å². The van der Waals surface area contributed by atoms with Gasteiger partial charge >= 0.3 is 0 Å². The first-order chi connectivity index (χ1) is 11.4. The molecule has 0 saturated heterocycles. The molecule has 0 saturated carbocycles. The highest BCUT2D eigenvalue weighted by Gasteiger charge is 2.16. The van der Waals surface area contributed by atoms with Crippen molar-refractivity contribution in [2.24, 2.45) is 0 Å². The molecule has 2 aromatic rings. The summed E-state index contributed by atoms with van der Waals surface area (Å²) in [6.45, 7) is 3.65. The smallest absolute Gasteiger partial charge is 0.279 e. The second-order valence-corrected chi connectivity index (χ2v) is 6.39. The lowest BCUT2D eigenvalue weighted by Crippen LogP contribution is -2.86. The maximum absolute atomic E-state index is 12.2. The number of amides is 1. The van der Waals surface area contributed by atoms with E-state index in [1.165, 1.54) is 6.92 Å². The third-order valence-corrected chi connectivity index (χ3v) is 4.25. The van der Waals surface area contributed by atoms with E-state index >= 15 is 0 Å². The number of para-hydroxylation sites is 1. The van der Waals surface area contributed by atoms with Crippen molar-refractivity contribution in [1.29, 1.82) is 0 Å². The summed E-state index contributed by atoms with van der Waals surface area (Å²) in [6.07, 6.45) is 0. The number of nitrogens with two attached hydrogens (primary N) is 1. The Labute approximate surface area is 151 Å². The summed E-state index contributed by atoms with van der Waals surface area (Å²) in [5, 5.41) is 5.81. The molecule has 0 fully saturated rings. The third-order valence-electron chi connectivity index (χ3n) is 3.69. The SMILES string of the molecule is CC(=O)c1ccccc1NC(=O)C[NH2+][C@@H](C)c1ccc(Cl)cc1Cl. The summed E-state index contributed by atoms with van der Waals surface area (Å²) in [7, 11) is 0. The normalized spacial score (nSPS) is 11.8. The summed E-state index contributed by atoms with van der Waals surface area (Å²) in [5.74, 6) is -0.267. The molecule has 2 aromatic carbocycles. The van der Waals surface area contributed by atoms with Gasteiger partial charge in [-0.25, -0.2) is 0 Å². The molecule has 0 aliphatic carbocycles. The van der Waals surface area contributed by atoms with E-state index in [1.807, 2.05) is 18.3 Å². The number of benzene rings is 2. The van der Waals surface area contributed by atoms with Crippen LogP contribution in [-0.2, 0) is 4.79 Å². The fourth-order valence-corrected chi connectivity index (χ4v) is 2.96. The van der Waals surface area contributed by atoms with E-state index in [0.717, 1.165) is 5.56 Å². The second kappa shape index (κ2) is 8.29. The summed E-state index contributed by atoms with van der Waals surface area (Å²) in [5.41, 5.74) is 1.94. The Hall–Kier alpha value is -1.88. The lowest BCUT2D eigenvalue weighted by molar-refractivity contribution is -0.682. The quantitative estimate of drug-likeness (QED) is 0.769. The van der Waals surface area contributed by atoms with E-state index in [9.17, 15) is 9.59 Å². The van der Waals surface area contributed by atoms with Crippen molar-refractivity contribution in [3.05, 3.63) is 63.6 Å². The monoisotopic (exact) mass is 365 g/mol. The molecular formula is C18H19Cl2N2O2+. The van der Waals surface area contributed by atoms with Crippen molar-refractivity contribution < 1.29 is 14.9 Å². The number of Topliss-reactive ketones (excluding diaryl/α,β-unsaturated/α-hetero) is 1. The van der Waals surface area contributed by atoms with Crippen molar-refractivity contribution in [1.82, 2.24) is 0 Å². The standard InChI is InChI=1S/C18H18Cl2N2O2/c1-11(14-8-7-13(19)9-16(14)20)21-10-18(24)22-17-6-4-3-5-15(17)12(2)23/h3-9,11,21H,10H2,1-2H3,(H,22,24)/p+1/t11-/m0/s1. The first kappa shape index (κ1) is 18.5.